The molecule has 1 aliphatic rings. The Morgan fingerprint density at radius 2 is 2.26 bits per heavy atom. The Morgan fingerprint density at radius 3 is 2.89 bits per heavy atom. The molecular formula is C12H14FN3O3. The minimum Gasteiger partial charge on any atom is -0.333 e. The van der Waals surface area contributed by atoms with Crippen molar-refractivity contribution in [1.29, 1.82) is 0 Å². The largest absolute Gasteiger partial charge is 0.333 e. The maximum Gasteiger partial charge on any atom is 0.273 e. The molecule has 1 N–H and O–H groups in total. The average molecular weight is 267 g/mol. The lowest BCUT2D eigenvalue weighted by molar-refractivity contribution is -0.385. The van der Waals surface area contributed by atoms with Crippen LogP contribution in [0.25, 0.3) is 0 Å². The Bertz CT molecular complexity index is 521. The Labute approximate surface area is 109 Å². The van der Waals surface area contributed by atoms with Gasteiger partial charge in [-0.2, -0.15) is 0 Å². The number of rotatable bonds is 2. The molecule has 1 atom stereocenters. The van der Waals surface area contributed by atoms with Gasteiger partial charge >= 0.3 is 0 Å². The Balaban J connectivity index is 2.30. The number of hydrogen-bond donors (Lipinski definition) is 1. The fraction of sp³-hybridized carbons (Fsp3) is 0.417. The van der Waals surface area contributed by atoms with Gasteiger partial charge in [-0.3, -0.25) is 14.9 Å². The lowest BCUT2D eigenvalue weighted by Crippen LogP contribution is -2.52. The zero-order chi connectivity index (χ0) is 14.0. The van der Waals surface area contributed by atoms with Gasteiger partial charge in [0, 0.05) is 37.3 Å². The number of halogens is 1. The van der Waals surface area contributed by atoms with E-state index in [-0.39, 0.29) is 17.5 Å². The van der Waals surface area contributed by atoms with Gasteiger partial charge in [0.05, 0.1) is 11.0 Å². The highest BCUT2D eigenvalue weighted by Crippen LogP contribution is 2.19. The second kappa shape index (κ2) is 5.31. The van der Waals surface area contributed by atoms with Crippen LogP contribution in [0.2, 0.25) is 0 Å². The summed E-state index contributed by atoms with van der Waals surface area (Å²) >= 11 is 0. The van der Waals surface area contributed by atoms with Crippen LogP contribution in [-0.4, -0.2) is 41.4 Å². The summed E-state index contributed by atoms with van der Waals surface area (Å²) in [5, 5.41) is 13.8. The van der Waals surface area contributed by atoms with E-state index >= 15 is 0 Å². The van der Waals surface area contributed by atoms with E-state index in [4.69, 9.17) is 0 Å². The van der Waals surface area contributed by atoms with Gasteiger partial charge in [-0.05, 0) is 13.0 Å². The fourth-order valence-corrected chi connectivity index (χ4v) is 2.11. The van der Waals surface area contributed by atoms with E-state index in [1.165, 1.54) is 0 Å². The van der Waals surface area contributed by atoms with Gasteiger partial charge in [0.15, 0.2) is 0 Å². The lowest BCUT2D eigenvalue weighted by atomic mass is 10.1. The van der Waals surface area contributed by atoms with Crippen LogP contribution >= 0.6 is 0 Å². The average Bonchev–Trinajstić information content (AvgIpc) is 2.37. The second-order valence-electron chi connectivity index (χ2n) is 4.51. The van der Waals surface area contributed by atoms with Crippen LogP contribution in [0.1, 0.15) is 17.3 Å². The minimum absolute atomic E-state index is 0.0143. The molecule has 19 heavy (non-hydrogen) atoms. The molecule has 102 valence electrons. The second-order valence-corrected chi connectivity index (χ2v) is 4.51. The molecule has 0 aliphatic carbocycles. The summed E-state index contributed by atoms with van der Waals surface area (Å²) in [7, 11) is 0. The molecule has 1 amide bonds. The molecule has 1 aromatic rings. The molecule has 0 aromatic heterocycles. The molecule has 1 heterocycles. The summed E-state index contributed by atoms with van der Waals surface area (Å²) in [4.78, 5) is 23.8. The monoisotopic (exact) mass is 267 g/mol. The minimum atomic E-state index is -0.777. The number of non-ortho nitro benzene ring substituents is 1. The Kier molecular flexibility index (Phi) is 3.75. The van der Waals surface area contributed by atoms with E-state index in [9.17, 15) is 19.3 Å². The Morgan fingerprint density at radius 1 is 1.53 bits per heavy atom. The predicted molar refractivity (Wildman–Crippen MR) is 66.4 cm³/mol. The molecule has 0 saturated carbocycles. The van der Waals surface area contributed by atoms with Gasteiger partial charge in [-0.15, -0.1) is 0 Å². The number of nitrogens with one attached hydrogen (secondary N) is 1. The number of nitro groups is 1. The zero-order valence-electron chi connectivity index (χ0n) is 10.4. The van der Waals surface area contributed by atoms with E-state index in [0.717, 1.165) is 18.2 Å². The van der Waals surface area contributed by atoms with Crippen molar-refractivity contribution in [3.05, 3.63) is 39.7 Å². The molecule has 1 fully saturated rings. The van der Waals surface area contributed by atoms with E-state index in [0.29, 0.717) is 19.6 Å². The maximum absolute atomic E-state index is 13.3. The number of carbonyl (C=O) groups is 1. The van der Waals surface area contributed by atoms with Gasteiger partial charge in [0.25, 0.3) is 11.6 Å². The Hall–Kier alpha value is -2.02. The topological polar surface area (TPSA) is 75.5 Å². The highest BCUT2D eigenvalue weighted by atomic mass is 19.1. The van der Waals surface area contributed by atoms with Crippen LogP contribution in [-0.2, 0) is 0 Å². The normalized spacial score (nSPS) is 19.3. The van der Waals surface area contributed by atoms with Crippen LogP contribution in [0.4, 0.5) is 10.1 Å². The van der Waals surface area contributed by atoms with Gasteiger partial charge in [-0.1, -0.05) is 0 Å². The van der Waals surface area contributed by atoms with Crippen LogP contribution in [0.15, 0.2) is 18.2 Å². The standard InChI is InChI=1S/C12H14FN3O3/c1-8-7-14-2-3-15(8)12(17)9-4-10(13)6-11(5-9)16(18)19/h4-6,8,14H,2-3,7H2,1H3. The number of hydrogen-bond acceptors (Lipinski definition) is 4. The molecule has 1 aliphatic heterocycles. The van der Waals surface area contributed by atoms with Crippen molar-refractivity contribution in [2.75, 3.05) is 19.6 Å². The first-order valence-electron chi connectivity index (χ1n) is 5.95. The number of amides is 1. The van der Waals surface area contributed by atoms with E-state index in [1.54, 1.807) is 4.90 Å². The summed E-state index contributed by atoms with van der Waals surface area (Å²) in [5.74, 6) is -1.16. The number of nitro benzene ring substituents is 1. The summed E-state index contributed by atoms with van der Waals surface area (Å²) in [6.07, 6.45) is 0. The highest BCUT2D eigenvalue weighted by molar-refractivity contribution is 5.95. The third kappa shape index (κ3) is 2.87. The van der Waals surface area contributed by atoms with E-state index < -0.39 is 16.4 Å². The SMILES string of the molecule is CC1CNCCN1C(=O)c1cc(F)cc([N+](=O)[O-])c1. The number of nitrogens with zero attached hydrogens (tertiary/aromatic N) is 2. The van der Waals surface area contributed by atoms with Crippen molar-refractivity contribution in [3.63, 3.8) is 0 Å². The van der Waals surface area contributed by atoms with Crippen LogP contribution in [0, 0.1) is 15.9 Å². The molecule has 7 heteroatoms. The smallest absolute Gasteiger partial charge is 0.273 e. The maximum atomic E-state index is 13.3. The molecule has 1 unspecified atom stereocenters. The van der Waals surface area contributed by atoms with Crippen LogP contribution < -0.4 is 5.32 Å². The van der Waals surface area contributed by atoms with Crippen molar-refractivity contribution in [2.24, 2.45) is 0 Å². The third-order valence-corrected chi connectivity index (χ3v) is 3.10. The molecule has 1 saturated heterocycles. The molecule has 6 nitrogen and oxygen atoms in total. The quantitative estimate of drug-likeness (QED) is 0.644. The molecule has 2 rings (SSSR count). The molecule has 1 aromatic carbocycles. The van der Waals surface area contributed by atoms with Crippen molar-refractivity contribution in [1.82, 2.24) is 10.2 Å². The third-order valence-electron chi connectivity index (χ3n) is 3.10. The summed E-state index contributed by atoms with van der Waals surface area (Å²) < 4.78 is 13.3. The molecule has 0 spiro atoms. The van der Waals surface area contributed by atoms with Crippen molar-refractivity contribution in [2.45, 2.75) is 13.0 Å². The summed E-state index contributed by atoms with van der Waals surface area (Å²) in [5.41, 5.74) is -0.397. The van der Waals surface area contributed by atoms with Gasteiger partial charge in [0.1, 0.15) is 5.82 Å². The highest BCUT2D eigenvalue weighted by Gasteiger charge is 2.25. The first kappa shape index (κ1) is 13.4. The predicted octanol–water partition coefficient (Wildman–Crippen LogP) is 1.17. The lowest BCUT2D eigenvalue weighted by Gasteiger charge is -2.34. The molecule has 0 radical (unpaired) electrons. The number of carbonyl (C=O) groups excluding carboxylic acids is 1. The first-order chi connectivity index (χ1) is 8.99. The summed E-state index contributed by atoms with van der Waals surface area (Å²) in [6.45, 7) is 3.69. The van der Waals surface area contributed by atoms with Crippen molar-refractivity contribution < 1.29 is 14.1 Å². The van der Waals surface area contributed by atoms with Crippen LogP contribution in [0.3, 0.4) is 0 Å². The zero-order valence-corrected chi connectivity index (χ0v) is 10.4. The number of benzene rings is 1. The van der Waals surface area contributed by atoms with Gasteiger partial charge in [-0.25, -0.2) is 4.39 Å². The van der Waals surface area contributed by atoms with Crippen molar-refractivity contribution >= 4 is 11.6 Å². The summed E-state index contributed by atoms with van der Waals surface area (Å²) in [6, 6.07) is 2.92. The van der Waals surface area contributed by atoms with Crippen LogP contribution in [0.5, 0.6) is 0 Å². The van der Waals surface area contributed by atoms with Gasteiger partial charge < -0.3 is 10.2 Å². The van der Waals surface area contributed by atoms with E-state index in [1.807, 2.05) is 6.92 Å². The van der Waals surface area contributed by atoms with Gasteiger partial charge in [0.2, 0.25) is 0 Å². The van der Waals surface area contributed by atoms with Crippen molar-refractivity contribution in [3.8, 4) is 0 Å². The number of piperazine rings is 1. The van der Waals surface area contributed by atoms with E-state index in [2.05, 4.69) is 5.32 Å². The fourth-order valence-electron chi connectivity index (χ4n) is 2.11. The molecule has 0 bridgehead atoms. The molecular weight excluding hydrogens is 253 g/mol. The first-order valence-corrected chi connectivity index (χ1v) is 5.95.